The third-order valence-corrected chi connectivity index (χ3v) is 3.69. The molecule has 1 saturated heterocycles. The molecule has 1 fully saturated rings. The van der Waals surface area contributed by atoms with Gasteiger partial charge in [0.2, 0.25) is 0 Å². The second kappa shape index (κ2) is 4.40. The monoisotopic (exact) mass is 219 g/mol. The zero-order chi connectivity index (χ0) is 10.8. The van der Waals surface area contributed by atoms with Crippen LogP contribution in [0.3, 0.4) is 0 Å². The minimum Gasteiger partial charge on any atom is -0.316 e. The van der Waals surface area contributed by atoms with Crippen molar-refractivity contribution in [1.29, 1.82) is 0 Å². The molecule has 0 aromatic carbocycles. The van der Waals surface area contributed by atoms with Crippen LogP contribution in [0, 0.1) is 11.8 Å². The van der Waals surface area contributed by atoms with E-state index in [4.69, 9.17) is 0 Å². The number of hydrogen-bond donors (Lipinski definition) is 1. The molecule has 0 bridgehead atoms. The Kier molecular flexibility index (Phi) is 3.66. The predicted molar refractivity (Wildman–Crippen MR) is 54.9 cm³/mol. The van der Waals surface area contributed by atoms with Crippen LogP contribution in [0.1, 0.15) is 13.3 Å². The van der Waals surface area contributed by atoms with Gasteiger partial charge in [-0.2, -0.15) is 0 Å². The van der Waals surface area contributed by atoms with Gasteiger partial charge < -0.3 is 5.32 Å². The van der Waals surface area contributed by atoms with Crippen LogP contribution in [-0.2, 0) is 14.6 Å². The van der Waals surface area contributed by atoms with Gasteiger partial charge in [-0.3, -0.25) is 4.79 Å². The SMILES string of the molecule is CC(C(=O)CCS(C)(=O)=O)C1CNC1. The Morgan fingerprint density at radius 3 is 2.43 bits per heavy atom. The normalized spacial score (nSPS) is 20.1. The van der Waals surface area contributed by atoms with E-state index < -0.39 is 9.84 Å². The topological polar surface area (TPSA) is 63.2 Å². The zero-order valence-corrected chi connectivity index (χ0v) is 9.43. The number of sulfone groups is 1. The molecule has 0 radical (unpaired) electrons. The van der Waals surface area contributed by atoms with Crippen molar-refractivity contribution in [3.8, 4) is 0 Å². The number of rotatable bonds is 5. The molecule has 0 aliphatic carbocycles. The molecule has 5 heteroatoms. The summed E-state index contributed by atoms with van der Waals surface area (Å²) in [5, 5.41) is 3.10. The van der Waals surface area contributed by atoms with Gasteiger partial charge in [-0.25, -0.2) is 8.42 Å². The van der Waals surface area contributed by atoms with Crippen LogP contribution in [-0.4, -0.2) is 39.3 Å². The summed E-state index contributed by atoms with van der Waals surface area (Å²) in [5.41, 5.74) is 0. The highest BCUT2D eigenvalue weighted by Gasteiger charge is 2.28. The molecule has 4 nitrogen and oxygen atoms in total. The Balaban J connectivity index is 2.34. The first-order valence-corrected chi connectivity index (χ1v) is 6.87. The molecule has 1 aliphatic heterocycles. The lowest BCUT2D eigenvalue weighted by atomic mass is 9.85. The van der Waals surface area contributed by atoms with Crippen LogP contribution >= 0.6 is 0 Å². The molecular weight excluding hydrogens is 202 g/mol. The van der Waals surface area contributed by atoms with E-state index >= 15 is 0 Å². The van der Waals surface area contributed by atoms with E-state index in [1.807, 2.05) is 6.92 Å². The summed E-state index contributed by atoms with van der Waals surface area (Å²) in [6.45, 7) is 3.65. The van der Waals surface area contributed by atoms with Crippen molar-refractivity contribution in [2.45, 2.75) is 13.3 Å². The average Bonchev–Trinajstić information content (AvgIpc) is 1.95. The predicted octanol–water partition coefficient (Wildman–Crippen LogP) is -0.154. The number of carbonyl (C=O) groups excluding carboxylic acids is 1. The molecule has 0 aromatic rings. The first kappa shape index (κ1) is 11.7. The number of nitrogens with one attached hydrogen (secondary N) is 1. The molecule has 1 unspecified atom stereocenters. The summed E-state index contributed by atoms with van der Waals surface area (Å²) in [7, 11) is -3.00. The highest BCUT2D eigenvalue weighted by Crippen LogP contribution is 2.18. The fourth-order valence-electron chi connectivity index (χ4n) is 1.44. The van der Waals surface area contributed by atoms with Crippen molar-refractivity contribution in [3.63, 3.8) is 0 Å². The van der Waals surface area contributed by atoms with E-state index in [2.05, 4.69) is 5.32 Å². The molecule has 1 N–H and O–H groups in total. The summed E-state index contributed by atoms with van der Waals surface area (Å²) in [6.07, 6.45) is 1.33. The smallest absolute Gasteiger partial charge is 0.147 e. The molecule has 1 aliphatic rings. The van der Waals surface area contributed by atoms with Gasteiger partial charge in [0.1, 0.15) is 15.6 Å². The lowest BCUT2D eigenvalue weighted by Gasteiger charge is -2.31. The van der Waals surface area contributed by atoms with Crippen molar-refractivity contribution in [3.05, 3.63) is 0 Å². The lowest BCUT2D eigenvalue weighted by molar-refractivity contribution is -0.124. The average molecular weight is 219 g/mol. The molecular formula is C9H17NO3S. The largest absolute Gasteiger partial charge is 0.316 e. The number of carbonyl (C=O) groups is 1. The van der Waals surface area contributed by atoms with E-state index in [1.54, 1.807) is 0 Å². The van der Waals surface area contributed by atoms with Gasteiger partial charge in [-0.05, 0) is 19.0 Å². The van der Waals surface area contributed by atoms with Gasteiger partial charge in [-0.1, -0.05) is 6.92 Å². The summed E-state index contributed by atoms with van der Waals surface area (Å²) in [4.78, 5) is 11.5. The Hall–Kier alpha value is -0.420. The van der Waals surface area contributed by atoms with Crippen LogP contribution in [0.2, 0.25) is 0 Å². The molecule has 82 valence electrons. The van der Waals surface area contributed by atoms with Crippen LogP contribution < -0.4 is 5.32 Å². The van der Waals surface area contributed by atoms with E-state index in [0.29, 0.717) is 5.92 Å². The number of hydrogen-bond acceptors (Lipinski definition) is 4. The Bertz CT molecular complexity index is 306. The quantitative estimate of drug-likeness (QED) is 0.698. The van der Waals surface area contributed by atoms with Crippen molar-refractivity contribution >= 4 is 15.6 Å². The third-order valence-electron chi connectivity index (χ3n) is 2.75. The first-order chi connectivity index (χ1) is 6.40. The van der Waals surface area contributed by atoms with Crippen molar-refractivity contribution in [2.24, 2.45) is 11.8 Å². The highest BCUT2D eigenvalue weighted by atomic mass is 32.2. The van der Waals surface area contributed by atoms with Crippen LogP contribution in [0.25, 0.3) is 0 Å². The van der Waals surface area contributed by atoms with Gasteiger partial charge in [0, 0.05) is 18.6 Å². The maximum atomic E-state index is 11.5. The minimum atomic E-state index is -3.00. The number of ketones is 1. The highest BCUT2D eigenvalue weighted by molar-refractivity contribution is 7.90. The van der Waals surface area contributed by atoms with Gasteiger partial charge in [-0.15, -0.1) is 0 Å². The minimum absolute atomic E-state index is 0.00185. The molecule has 1 atom stereocenters. The van der Waals surface area contributed by atoms with Crippen LogP contribution in [0.4, 0.5) is 0 Å². The zero-order valence-electron chi connectivity index (χ0n) is 8.62. The van der Waals surface area contributed by atoms with Crippen molar-refractivity contribution in [1.82, 2.24) is 5.32 Å². The second-order valence-corrected chi connectivity index (χ2v) is 6.31. The maximum Gasteiger partial charge on any atom is 0.147 e. The Labute approximate surface area is 85.0 Å². The van der Waals surface area contributed by atoms with Crippen LogP contribution in [0.5, 0.6) is 0 Å². The second-order valence-electron chi connectivity index (χ2n) is 4.05. The third kappa shape index (κ3) is 3.38. The summed E-state index contributed by atoms with van der Waals surface area (Å²) >= 11 is 0. The molecule has 0 aromatic heterocycles. The van der Waals surface area contributed by atoms with Gasteiger partial charge >= 0.3 is 0 Å². The van der Waals surface area contributed by atoms with E-state index in [0.717, 1.165) is 19.3 Å². The van der Waals surface area contributed by atoms with Crippen molar-refractivity contribution < 1.29 is 13.2 Å². The maximum absolute atomic E-state index is 11.5. The van der Waals surface area contributed by atoms with Crippen LogP contribution in [0.15, 0.2) is 0 Å². The fourth-order valence-corrected chi connectivity index (χ4v) is 2.01. The summed E-state index contributed by atoms with van der Waals surface area (Å²) in [5.74, 6) is 0.457. The first-order valence-electron chi connectivity index (χ1n) is 4.81. The van der Waals surface area contributed by atoms with E-state index in [1.165, 1.54) is 0 Å². The molecule has 0 saturated carbocycles. The Morgan fingerprint density at radius 2 is 2.07 bits per heavy atom. The Morgan fingerprint density at radius 1 is 1.50 bits per heavy atom. The molecule has 1 rings (SSSR count). The molecule has 1 heterocycles. The van der Waals surface area contributed by atoms with Gasteiger partial charge in [0.25, 0.3) is 0 Å². The fraction of sp³-hybridized carbons (Fsp3) is 0.889. The molecule has 0 amide bonds. The van der Waals surface area contributed by atoms with E-state index in [9.17, 15) is 13.2 Å². The van der Waals surface area contributed by atoms with Crippen molar-refractivity contribution in [2.75, 3.05) is 25.1 Å². The van der Waals surface area contributed by atoms with E-state index in [-0.39, 0.29) is 23.9 Å². The number of Topliss-reactive ketones (excluding diaryl/α,β-unsaturated/α-hetero) is 1. The standard InChI is InChI=1S/C9H17NO3S/c1-7(8-5-10-6-8)9(11)3-4-14(2,12)13/h7-8,10H,3-6H2,1-2H3. The molecule has 0 spiro atoms. The summed E-state index contributed by atoms with van der Waals surface area (Å²) in [6, 6.07) is 0. The summed E-state index contributed by atoms with van der Waals surface area (Å²) < 4.78 is 21.7. The lowest BCUT2D eigenvalue weighted by Crippen LogP contribution is -2.47. The van der Waals surface area contributed by atoms with Gasteiger partial charge in [0.05, 0.1) is 5.75 Å². The van der Waals surface area contributed by atoms with Gasteiger partial charge in [0.15, 0.2) is 0 Å². The molecule has 14 heavy (non-hydrogen) atoms.